The minimum atomic E-state index is 0.815. The van der Waals surface area contributed by atoms with Crippen molar-refractivity contribution in [3.63, 3.8) is 0 Å². The number of hydrogen-bond acceptors (Lipinski definition) is 2. The molecule has 3 rings (SSSR count). The monoisotopic (exact) mass is 249 g/mol. The van der Waals surface area contributed by atoms with E-state index in [-0.39, 0.29) is 0 Å². The second-order valence-electron chi connectivity index (χ2n) is 5.63. The van der Waals surface area contributed by atoms with Crippen LogP contribution in [0.3, 0.4) is 0 Å². The van der Waals surface area contributed by atoms with Crippen molar-refractivity contribution in [3.05, 3.63) is 21.9 Å². The first-order valence-electron chi connectivity index (χ1n) is 7.18. The Morgan fingerprint density at radius 1 is 1.29 bits per heavy atom. The summed E-state index contributed by atoms with van der Waals surface area (Å²) in [5.74, 6) is 2.01. The summed E-state index contributed by atoms with van der Waals surface area (Å²) in [4.78, 5) is 3.13. The molecule has 0 radical (unpaired) electrons. The van der Waals surface area contributed by atoms with E-state index in [0.29, 0.717) is 0 Å². The molecule has 0 amide bonds. The Balaban J connectivity index is 1.54. The Kier molecular flexibility index (Phi) is 3.53. The molecule has 1 N–H and O–H groups in total. The van der Waals surface area contributed by atoms with Gasteiger partial charge in [0.15, 0.2) is 0 Å². The molecule has 1 saturated carbocycles. The van der Waals surface area contributed by atoms with Crippen molar-refractivity contribution in [2.24, 2.45) is 11.8 Å². The van der Waals surface area contributed by atoms with Crippen molar-refractivity contribution in [2.75, 3.05) is 6.54 Å². The van der Waals surface area contributed by atoms with Crippen molar-refractivity contribution < 1.29 is 0 Å². The molecule has 1 aromatic heterocycles. The number of nitrogens with one attached hydrogen (secondary N) is 1. The van der Waals surface area contributed by atoms with E-state index in [2.05, 4.69) is 24.4 Å². The summed E-state index contributed by atoms with van der Waals surface area (Å²) >= 11 is 2.01. The standard InChI is InChI=1S/C15H23NS/c1-2-12-6-7-13(17-12)8-9-15-14-5-3-4-11(14)10-16-15/h6-7,11,14-16H,2-5,8-10H2,1H3. The molecule has 2 heterocycles. The summed E-state index contributed by atoms with van der Waals surface area (Å²) < 4.78 is 0. The molecule has 0 aromatic carbocycles. The van der Waals surface area contributed by atoms with Gasteiger partial charge in [-0.3, -0.25) is 0 Å². The van der Waals surface area contributed by atoms with Crippen LogP contribution in [0.2, 0.25) is 0 Å². The van der Waals surface area contributed by atoms with Crippen LogP contribution in [0.1, 0.15) is 42.4 Å². The Bertz CT molecular complexity index is 371. The van der Waals surface area contributed by atoms with Crippen LogP contribution in [0.15, 0.2) is 12.1 Å². The summed E-state index contributed by atoms with van der Waals surface area (Å²) in [6.45, 7) is 3.54. The normalized spacial score (nSPS) is 31.9. The largest absolute Gasteiger partial charge is 0.313 e. The number of aryl methyl sites for hydroxylation is 2. The lowest BCUT2D eigenvalue weighted by molar-refractivity contribution is 0.394. The fraction of sp³-hybridized carbons (Fsp3) is 0.733. The van der Waals surface area contributed by atoms with Crippen LogP contribution in [-0.2, 0) is 12.8 Å². The predicted octanol–water partition coefficient (Wildman–Crippen LogP) is 3.63. The first kappa shape index (κ1) is 11.7. The van der Waals surface area contributed by atoms with Gasteiger partial charge in [-0.15, -0.1) is 11.3 Å². The van der Waals surface area contributed by atoms with E-state index in [0.717, 1.165) is 17.9 Å². The van der Waals surface area contributed by atoms with Gasteiger partial charge in [0.05, 0.1) is 0 Å². The van der Waals surface area contributed by atoms with Gasteiger partial charge in [0.1, 0.15) is 0 Å². The highest BCUT2D eigenvalue weighted by Gasteiger charge is 2.38. The summed E-state index contributed by atoms with van der Waals surface area (Å²) in [5.41, 5.74) is 0. The Morgan fingerprint density at radius 2 is 2.18 bits per heavy atom. The highest BCUT2D eigenvalue weighted by Crippen LogP contribution is 2.39. The van der Waals surface area contributed by atoms with Gasteiger partial charge in [-0.25, -0.2) is 0 Å². The second kappa shape index (κ2) is 5.11. The van der Waals surface area contributed by atoms with Gasteiger partial charge in [0.2, 0.25) is 0 Å². The molecule has 2 aliphatic rings. The summed E-state index contributed by atoms with van der Waals surface area (Å²) in [7, 11) is 0. The molecule has 3 atom stereocenters. The van der Waals surface area contributed by atoms with Gasteiger partial charge in [-0.1, -0.05) is 13.3 Å². The lowest BCUT2D eigenvalue weighted by Gasteiger charge is -2.17. The smallest absolute Gasteiger partial charge is 0.0102 e. The number of fused-ring (bicyclic) bond motifs is 1. The molecule has 1 aliphatic carbocycles. The molecule has 17 heavy (non-hydrogen) atoms. The minimum Gasteiger partial charge on any atom is -0.313 e. The van der Waals surface area contributed by atoms with E-state index < -0.39 is 0 Å². The molecule has 0 bridgehead atoms. The summed E-state index contributed by atoms with van der Waals surface area (Å²) in [6.07, 6.45) is 8.26. The van der Waals surface area contributed by atoms with Crippen molar-refractivity contribution >= 4 is 11.3 Å². The topological polar surface area (TPSA) is 12.0 Å². The third-order valence-electron chi connectivity index (χ3n) is 4.64. The van der Waals surface area contributed by atoms with Gasteiger partial charge < -0.3 is 5.32 Å². The van der Waals surface area contributed by atoms with E-state index >= 15 is 0 Å². The highest BCUT2D eigenvalue weighted by atomic mass is 32.1. The van der Waals surface area contributed by atoms with Crippen molar-refractivity contribution in [1.82, 2.24) is 5.32 Å². The van der Waals surface area contributed by atoms with Crippen LogP contribution in [0.25, 0.3) is 0 Å². The minimum absolute atomic E-state index is 0.815. The number of rotatable bonds is 4. The zero-order valence-electron chi connectivity index (χ0n) is 10.7. The fourth-order valence-electron chi connectivity index (χ4n) is 3.66. The van der Waals surface area contributed by atoms with Gasteiger partial charge in [-0.05, 0) is 62.6 Å². The molecule has 1 aliphatic heterocycles. The third-order valence-corrected chi connectivity index (χ3v) is 5.93. The Labute approximate surface area is 109 Å². The first-order valence-corrected chi connectivity index (χ1v) is 7.99. The van der Waals surface area contributed by atoms with Crippen LogP contribution < -0.4 is 5.32 Å². The molecule has 94 valence electrons. The Morgan fingerprint density at radius 3 is 3.00 bits per heavy atom. The van der Waals surface area contributed by atoms with E-state index in [1.807, 2.05) is 11.3 Å². The summed E-state index contributed by atoms with van der Waals surface area (Å²) in [6, 6.07) is 5.46. The second-order valence-corrected chi connectivity index (χ2v) is 6.88. The average Bonchev–Trinajstić information content (AvgIpc) is 3.03. The van der Waals surface area contributed by atoms with E-state index in [4.69, 9.17) is 0 Å². The SMILES string of the molecule is CCc1ccc(CCC2NCC3CCCC32)s1. The Hall–Kier alpha value is -0.340. The zero-order chi connectivity index (χ0) is 11.7. The molecule has 1 saturated heterocycles. The number of hydrogen-bond donors (Lipinski definition) is 1. The van der Waals surface area contributed by atoms with Gasteiger partial charge in [0.25, 0.3) is 0 Å². The molecule has 1 nitrogen and oxygen atoms in total. The van der Waals surface area contributed by atoms with Gasteiger partial charge in [0, 0.05) is 15.8 Å². The molecule has 3 unspecified atom stereocenters. The highest BCUT2D eigenvalue weighted by molar-refractivity contribution is 7.11. The molecular formula is C15H23NS. The van der Waals surface area contributed by atoms with Crippen LogP contribution in [0.4, 0.5) is 0 Å². The molecule has 0 spiro atoms. The van der Waals surface area contributed by atoms with Crippen LogP contribution in [0, 0.1) is 11.8 Å². The number of thiophene rings is 1. The maximum absolute atomic E-state index is 3.75. The van der Waals surface area contributed by atoms with Crippen LogP contribution in [-0.4, -0.2) is 12.6 Å². The van der Waals surface area contributed by atoms with E-state index in [1.54, 1.807) is 4.88 Å². The van der Waals surface area contributed by atoms with Crippen molar-refractivity contribution in [1.29, 1.82) is 0 Å². The predicted molar refractivity (Wildman–Crippen MR) is 74.6 cm³/mol. The average molecular weight is 249 g/mol. The quantitative estimate of drug-likeness (QED) is 0.859. The van der Waals surface area contributed by atoms with Crippen LogP contribution in [0.5, 0.6) is 0 Å². The van der Waals surface area contributed by atoms with E-state index in [9.17, 15) is 0 Å². The van der Waals surface area contributed by atoms with Gasteiger partial charge in [-0.2, -0.15) is 0 Å². The molecule has 2 heteroatoms. The summed E-state index contributed by atoms with van der Waals surface area (Å²) in [5, 5.41) is 3.75. The van der Waals surface area contributed by atoms with E-state index in [1.165, 1.54) is 49.9 Å². The molecule has 1 aromatic rings. The lowest BCUT2D eigenvalue weighted by atomic mass is 9.91. The molecular weight excluding hydrogens is 226 g/mol. The van der Waals surface area contributed by atoms with Crippen molar-refractivity contribution in [2.45, 2.75) is 51.5 Å². The third kappa shape index (κ3) is 2.43. The molecule has 2 fully saturated rings. The van der Waals surface area contributed by atoms with Crippen LogP contribution >= 0.6 is 11.3 Å². The lowest BCUT2D eigenvalue weighted by Crippen LogP contribution is -2.27. The first-order chi connectivity index (χ1) is 8.36. The van der Waals surface area contributed by atoms with Crippen molar-refractivity contribution in [3.8, 4) is 0 Å². The maximum Gasteiger partial charge on any atom is 0.0102 e. The zero-order valence-corrected chi connectivity index (χ0v) is 11.6. The fourth-order valence-corrected chi connectivity index (χ4v) is 4.64. The van der Waals surface area contributed by atoms with Gasteiger partial charge >= 0.3 is 0 Å². The maximum atomic E-state index is 3.75.